The summed E-state index contributed by atoms with van der Waals surface area (Å²) < 4.78 is 6.53. The summed E-state index contributed by atoms with van der Waals surface area (Å²) in [7, 11) is 0. The van der Waals surface area contributed by atoms with Gasteiger partial charge in [0.2, 0.25) is 0 Å². The van der Waals surface area contributed by atoms with E-state index in [2.05, 4.69) is 70.9 Å². The second-order valence-electron chi connectivity index (χ2n) is 15.6. The number of carboxylic acid groups (broad SMARTS) is 1. The number of ether oxygens (including phenoxy) is 1. The highest BCUT2D eigenvalue weighted by Gasteiger charge is 2.64. The quantitative estimate of drug-likeness (QED) is 0.284. The molecule has 10 nitrogen and oxygen atoms in total. The predicted octanol–water partition coefficient (Wildman–Crippen LogP) is 5.92. The fraction of sp³-hybridized carbons (Fsp3) is 0.500. The van der Waals surface area contributed by atoms with Gasteiger partial charge in [0.1, 0.15) is 17.5 Å². The number of aromatic carboxylic acids is 1. The Morgan fingerprint density at radius 2 is 1.48 bits per heavy atom. The Hall–Kier alpha value is -4.62. The molecule has 6 rings (SSSR count). The van der Waals surface area contributed by atoms with E-state index in [0.717, 1.165) is 86.9 Å². The summed E-state index contributed by atoms with van der Waals surface area (Å²) in [5.74, 6) is 0.345. The normalized spacial score (nSPS) is 21.9. The van der Waals surface area contributed by atoms with Crippen molar-refractivity contribution in [2.45, 2.75) is 66.5 Å². The molecule has 2 aromatic carbocycles. The van der Waals surface area contributed by atoms with Gasteiger partial charge in [-0.15, -0.1) is 0 Å². The Balaban J connectivity index is 0.966. The minimum absolute atomic E-state index is 0.0708. The highest BCUT2D eigenvalue weighted by Crippen LogP contribution is 2.55. The van der Waals surface area contributed by atoms with E-state index in [0.29, 0.717) is 17.0 Å². The summed E-state index contributed by atoms with van der Waals surface area (Å²) in [6.45, 7) is 19.4. The van der Waals surface area contributed by atoms with Gasteiger partial charge < -0.3 is 25.0 Å². The zero-order valence-corrected chi connectivity index (χ0v) is 30.2. The van der Waals surface area contributed by atoms with Gasteiger partial charge in [-0.3, -0.25) is 9.69 Å². The van der Waals surface area contributed by atoms with Gasteiger partial charge in [-0.05, 0) is 92.3 Å². The van der Waals surface area contributed by atoms with Crippen LogP contribution in [0.2, 0.25) is 0 Å². The Bertz CT molecular complexity index is 1710. The first-order valence-corrected chi connectivity index (χ1v) is 17.8. The summed E-state index contributed by atoms with van der Waals surface area (Å²) in [5.41, 5.74) is 4.79. The average molecular weight is 679 g/mol. The van der Waals surface area contributed by atoms with Crippen LogP contribution in [0.1, 0.15) is 78.1 Å². The van der Waals surface area contributed by atoms with Crippen LogP contribution in [0.15, 0.2) is 54.7 Å². The molecular weight excluding hydrogens is 628 g/mol. The molecule has 2 saturated heterocycles. The van der Waals surface area contributed by atoms with Gasteiger partial charge in [0.05, 0.1) is 23.5 Å². The van der Waals surface area contributed by atoms with E-state index in [4.69, 9.17) is 9.84 Å². The lowest BCUT2D eigenvalue weighted by atomic mass is 9.49. The number of carbonyl (C=O) groups is 2. The monoisotopic (exact) mass is 678 g/mol. The summed E-state index contributed by atoms with van der Waals surface area (Å²) in [6.07, 6.45) is 3.83. The zero-order chi connectivity index (χ0) is 35.8. The first-order chi connectivity index (χ1) is 23.8. The number of amides is 1. The van der Waals surface area contributed by atoms with Gasteiger partial charge in [-0.1, -0.05) is 27.7 Å². The maximum Gasteiger partial charge on any atom is 0.354 e. The summed E-state index contributed by atoms with van der Waals surface area (Å²) in [6, 6.07) is 17.5. The van der Waals surface area contributed by atoms with Crippen LogP contribution in [0, 0.1) is 41.9 Å². The molecule has 0 unspecified atom stereocenters. The van der Waals surface area contributed by atoms with Crippen LogP contribution >= 0.6 is 0 Å². The van der Waals surface area contributed by atoms with Crippen LogP contribution in [0.25, 0.3) is 0 Å². The number of rotatable bonds is 9. The van der Waals surface area contributed by atoms with Gasteiger partial charge in [0.25, 0.3) is 5.91 Å². The van der Waals surface area contributed by atoms with Gasteiger partial charge in [-0.2, -0.15) is 5.26 Å². The maximum absolute atomic E-state index is 13.5. The average Bonchev–Trinajstić information content (AvgIpc) is 3.10. The largest absolute Gasteiger partial charge is 0.489 e. The smallest absolute Gasteiger partial charge is 0.354 e. The van der Waals surface area contributed by atoms with Crippen LogP contribution < -0.4 is 19.9 Å². The predicted molar refractivity (Wildman–Crippen MR) is 195 cm³/mol. The number of nitriles is 1. The second kappa shape index (κ2) is 13.9. The fourth-order valence-electron chi connectivity index (χ4n) is 8.77. The summed E-state index contributed by atoms with van der Waals surface area (Å²) >= 11 is 0. The van der Waals surface area contributed by atoms with E-state index in [-0.39, 0.29) is 34.6 Å². The van der Waals surface area contributed by atoms with E-state index >= 15 is 0 Å². The molecule has 1 saturated carbocycles. The van der Waals surface area contributed by atoms with E-state index in [1.807, 2.05) is 44.2 Å². The lowest BCUT2D eigenvalue weighted by Crippen LogP contribution is -2.74. The SMILES string of the molecule is Cc1cc(OC2C(C)(C)C(NC(=O)c3ccc(N4CCC(CN5CCN(c6ccc(C(=O)O)nc6)CC5)CC4)cc3)C2(C)C)cc(C)c1C#N. The second-order valence-corrected chi connectivity index (χ2v) is 15.6. The number of pyridine rings is 1. The number of benzene rings is 2. The molecule has 3 aliphatic rings. The minimum Gasteiger partial charge on any atom is -0.489 e. The molecule has 3 heterocycles. The molecule has 3 fully saturated rings. The molecule has 2 aliphatic heterocycles. The molecular formula is C40H50N6O4. The van der Waals surface area contributed by atoms with Crippen LogP contribution in [-0.4, -0.2) is 84.8 Å². The highest BCUT2D eigenvalue weighted by atomic mass is 16.5. The van der Waals surface area contributed by atoms with E-state index < -0.39 is 5.97 Å². The third kappa shape index (κ3) is 7.02. The number of anilines is 2. The van der Waals surface area contributed by atoms with Crippen LogP contribution in [0.4, 0.5) is 11.4 Å². The Labute approximate surface area is 296 Å². The molecule has 2 N–H and O–H groups in total. The molecule has 0 bridgehead atoms. The Morgan fingerprint density at radius 1 is 0.900 bits per heavy atom. The van der Waals surface area contributed by atoms with Crippen molar-refractivity contribution in [2.75, 3.05) is 55.6 Å². The minimum atomic E-state index is -1.00. The Morgan fingerprint density at radius 3 is 2.02 bits per heavy atom. The number of aromatic nitrogens is 1. The molecule has 0 radical (unpaired) electrons. The number of carboxylic acids is 1. The third-order valence-corrected chi connectivity index (χ3v) is 11.3. The van der Waals surface area contributed by atoms with E-state index in [1.54, 1.807) is 12.3 Å². The molecule has 0 spiro atoms. The standard InChI is InChI=1S/C40H50N6O4/c1-26-21-32(22-27(2)33(26)23-41)50-38-39(3,4)37(40(38,5)6)43-35(47)29-7-9-30(10-8-29)45-15-13-28(14-16-45)25-44-17-19-46(20-18-44)31-11-12-34(36(48)49)42-24-31/h7-12,21-22,24,28,37-38H,13-20,25H2,1-6H3,(H,43,47)(H,48,49). The molecule has 1 aliphatic carbocycles. The summed E-state index contributed by atoms with van der Waals surface area (Å²) in [5, 5.41) is 21.9. The number of hydrogen-bond acceptors (Lipinski definition) is 8. The van der Waals surface area contributed by atoms with E-state index in [1.165, 1.54) is 0 Å². The van der Waals surface area contributed by atoms with Crippen molar-refractivity contribution in [3.63, 3.8) is 0 Å². The molecule has 10 heteroatoms. The number of piperidine rings is 1. The topological polar surface area (TPSA) is 122 Å². The molecule has 264 valence electrons. The van der Waals surface area contributed by atoms with Crippen molar-refractivity contribution >= 4 is 23.3 Å². The zero-order valence-electron chi connectivity index (χ0n) is 30.2. The molecule has 0 atom stereocenters. The molecule has 1 amide bonds. The van der Waals surface area contributed by atoms with Crippen molar-refractivity contribution in [3.05, 3.63) is 82.7 Å². The molecule has 50 heavy (non-hydrogen) atoms. The number of piperazine rings is 1. The van der Waals surface area contributed by atoms with Gasteiger partial charge in [-0.25, -0.2) is 9.78 Å². The van der Waals surface area contributed by atoms with Gasteiger partial charge >= 0.3 is 5.97 Å². The third-order valence-electron chi connectivity index (χ3n) is 11.3. The van der Waals surface area contributed by atoms with Gasteiger partial charge in [0, 0.05) is 73.9 Å². The van der Waals surface area contributed by atoms with Crippen LogP contribution in [0.3, 0.4) is 0 Å². The van der Waals surface area contributed by atoms with Crippen molar-refractivity contribution < 1.29 is 19.4 Å². The van der Waals surface area contributed by atoms with Crippen molar-refractivity contribution in [3.8, 4) is 11.8 Å². The first-order valence-electron chi connectivity index (χ1n) is 17.8. The number of carbonyl (C=O) groups excluding carboxylic acids is 1. The lowest BCUT2D eigenvalue weighted by Gasteiger charge is -2.63. The van der Waals surface area contributed by atoms with Crippen molar-refractivity contribution in [1.29, 1.82) is 5.26 Å². The van der Waals surface area contributed by atoms with Crippen LogP contribution in [0.5, 0.6) is 5.75 Å². The Kier molecular flexibility index (Phi) is 9.82. The van der Waals surface area contributed by atoms with Crippen molar-refractivity contribution in [2.24, 2.45) is 16.7 Å². The van der Waals surface area contributed by atoms with Crippen LogP contribution in [-0.2, 0) is 0 Å². The van der Waals surface area contributed by atoms with E-state index in [9.17, 15) is 14.9 Å². The molecule has 1 aromatic heterocycles. The summed E-state index contributed by atoms with van der Waals surface area (Å²) in [4.78, 5) is 35.9. The number of hydrogen-bond donors (Lipinski definition) is 2. The first kappa shape index (κ1) is 35.2. The number of nitrogens with one attached hydrogen (secondary N) is 1. The van der Waals surface area contributed by atoms with Crippen molar-refractivity contribution in [1.82, 2.24) is 15.2 Å². The number of nitrogens with zero attached hydrogens (tertiary/aromatic N) is 5. The fourth-order valence-corrected chi connectivity index (χ4v) is 8.77. The van der Waals surface area contributed by atoms with Gasteiger partial charge in [0.15, 0.2) is 0 Å². The highest BCUT2D eigenvalue weighted by molar-refractivity contribution is 5.95. The molecule has 3 aromatic rings. The lowest BCUT2D eigenvalue weighted by molar-refractivity contribution is -0.164. The maximum atomic E-state index is 13.5. The number of aryl methyl sites for hydroxylation is 2.